The van der Waals surface area contributed by atoms with Crippen LogP contribution in [-0.2, 0) is 4.79 Å². The summed E-state index contributed by atoms with van der Waals surface area (Å²) in [4.78, 5) is 20.4. The third-order valence-corrected chi connectivity index (χ3v) is 5.59. The zero-order valence-corrected chi connectivity index (χ0v) is 18.1. The van der Waals surface area contributed by atoms with Crippen molar-refractivity contribution in [3.63, 3.8) is 0 Å². The Morgan fingerprint density at radius 1 is 1.18 bits per heavy atom. The lowest BCUT2D eigenvalue weighted by Crippen LogP contribution is -2.29. The number of rotatable bonds is 6. The zero-order valence-electron chi connectivity index (χ0n) is 18.1. The molecule has 6 nitrogen and oxygen atoms in total. The van der Waals surface area contributed by atoms with Crippen LogP contribution in [0.15, 0.2) is 60.9 Å². The van der Waals surface area contributed by atoms with Crippen LogP contribution in [-0.4, -0.2) is 27.1 Å². The summed E-state index contributed by atoms with van der Waals surface area (Å²) in [7, 11) is 0. The highest BCUT2D eigenvalue weighted by Crippen LogP contribution is 2.35. The van der Waals surface area contributed by atoms with Gasteiger partial charge in [-0.3, -0.25) is 4.98 Å². The fourth-order valence-corrected chi connectivity index (χ4v) is 3.77. The Morgan fingerprint density at radius 3 is 2.58 bits per heavy atom. The van der Waals surface area contributed by atoms with Gasteiger partial charge in [0, 0.05) is 22.7 Å². The molecule has 0 unspecified atom stereocenters. The minimum Gasteiger partial charge on any atom is -0.480 e. The van der Waals surface area contributed by atoms with Gasteiger partial charge in [0.05, 0.1) is 23.1 Å². The van der Waals surface area contributed by atoms with Gasteiger partial charge in [-0.05, 0) is 30.5 Å². The summed E-state index contributed by atoms with van der Waals surface area (Å²) in [5.74, 6) is -1.28. The molecule has 0 aliphatic rings. The molecule has 0 aliphatic carbocycles. The van der Waals surface area contributed by atoms with Gasteiger partial charge in [0.1, 0.15) is 23.5 Å². The van der Waals surface area contributed by atoms with Crippen molar-refractivity contribution < 1.29 is 14.3 Å². The molecule has 0 fully saturated rings. The number of fused-ring (bicyclic) bond motifs is 1. The lowest BCUT2D eigenvalue weighted by Gasteiger charge is -2.18. The third-order valence-electron chi connectivity index (χ3n) is 5.59. The SMILES string of the molecule is CC[C@@H](Nc1c(C#N)c(-c2ccc(-c3cccc(C)c3F)cc2)nc2cnccc12)C(=O)O. The molecule has 0 radical (unpaired) electrons. The number of nitrogens with one attached hydrogen (secondary N) is 1. The maximum atomic E-state index is 14.6. The Morgan fingerprint density at radius 2 is 1.91 bits per heavy atom. The highest BCUT2D eigenvalue weighted by molar-refractivity contribution is 5.99. The van der Waals surface area contributed by atoms with Gasteiger partial charge in [0.15, 0.2) is 0 Å². The van der Waals surface area contributed by atoms with E-state index in [9.17, 15) is 19.6 Å². The smallest absolute Gasteiger partial charge is 0.326 e. The molecule has 1 atom stereocenters. The van der Waals surface area contributed by atoms with Crippen LogP contribution in [0, 0.1) is 24.1 Å². The lowest BCUT2D eigenvalue weighted by molar-refractivity contribution is -0.137. The zero-order chi connectivity index (χ0) is 23.5. The van der Waals surface area contributed by atoms with Gasteiger partial charge in [-0.25, -0.2) is 14.2 Å². The number of pyridine rings is 2. The normalized spacial score (nSPS) is 11.7. The number of carbonyl (C=O) groups is 1. The van der Waals surface area contributed by atoms with Gasteiger partial charge in [0.25, 0.3) is 0 Å². The van der Waals surface area contributed by atoms with E-state index in [1.54, 1.807) is 74.8 Å². The first-order chi connectivity index (χ1) is 15.9. The maximum absolute atomic E-state index is 14.6. The summed E-state index contributed by atoms with van der Waals surface area (Å²) in [5.41, 5.74) is 3.99. The first kappa shape index (κ1) is 21.9. The highest BCUT2D eigenvalue weighted by atomic mass is 19.1. The molecular weight excluding hydrogens is 419 g/mol. The fraction of sp³-hybridized carbons (Fsp3) is 0.154. The number of anilines is 1. The average Bonchev–Trinajstić information content (AvgIpc) is 2.83. The summed E-state index contributed by atoms with van der Waals surface area (Å²) in [5, 5.41) is 23.2. The minimum atomic E-state index is -1.01. The summed E-state index contributed by atoms with van der Waals surface area (Å²) in [6.07, 6.45) is 3.48. The van der Waals surface area contributed by atoms with Crippen molar-refractivity contribution in [3.8, 4) is 28.5 Å². The maximum Gasteiger partial charge on any atom is 0.326 e. The van der Waals surface area contributed by atoms with Gasteiger partial charge in [-0.15, -0.1) is 0 Å². The molecule has 0 amide bonds. The Hall–Kier alpha value is -4.31. The number of aliphatic carboxylic acids is 1. The van der Waals surface area contributed by atoms with Crippen LogP contribution in [0.3, 0.4) is 0 Å². The lowest BCUT2D eigenvalue weighted by atomic mass is 9.97. The third kappa shape index (κ3) is 4.11. The second kappa shape index (κ2) is 9.05. The molecule has 0 aliphatic heterocycles. The van der Waals surface area contributed by atoms with E-state index in [0.29, 0.717) is 51.0 Å². The van der Waals surface area contributed by atoms with Gasteiger partial charge < -0.3 is 10.4 Å². The number of halogens is 1. The van der Waals surface area contributed by atoms with Gasteiger partial charge in [-0.2, -0.15) is 5.26 Å². The number of carboxylic acids is 1. The largest absolute Gasteiger partial charge is 0.480 e. The molecule has 0 saturated heterocycles. The Labute approximate surface area is 190 Å². The Bertz CT molecular complexity index is 1390. The van der Waals surface area contributed by atoms with Crippen molar-refractivity contribution in [2.24, 2.45) is 0 Å². The van der Waals surface area contributed by atoms with Crippen LogP contribution in [0.2, 0.25) is 0 Å². The second-order valence-electron chi connectivity index (χ2n) is 7.67. The van der Waals surface area contributed by atoms with E-state index in [2.05, 4.69) is 21.4 Å². The molecule has 164 valence electrons. The van der Waals surface area contributed by atoms with E-state index in [0.717, 1.165) is 0 Å². The van der Waals surface area contributed by atoms with Crippen molar-refractivity contribution in [1.29, 1.82) is 5.26 Å². The van der Waals surface area contributed by atoms with E-state index >= 15 is 0 Å². The molecule has 0 bridgehead atoms. The summed E-state index contributed by atoms with van der Waals surface area (Å²) >= 11 is 0. The van der Waals surface area contributed by atoms with Crippen LogP contribution >= 0.6 is 0 Å². The predicted octanol–water partition coefficient (Wildman–Crippen LogP) is 5.56. The van der Waals surface area contributed by atoms with E-state index in [-0.39, 0.29) is 11.4 Å². The van der Waals surface area contributed by atoms with Crippen LogP contribution < -0.4 is 5.32 Å². The summed E-state index contributed by atoms with van der Waals surface area (Å²) in [6.45, 7) is 3.47. The van der Waals surface area contributed by atoms with E-state index < -0.39 is 12.0 Å². The Balaban J connectivity index is 1.86. The number of benzene rings is 2. The molecule has 2 aromatic carbocycles. The molecule has 2 aromatic heterocycles. The van der Waals surface area contributed by atoms with Gasteiger partial charge >= 0.3 is 5.97 Å². The van der Waals surface area contributed by atoms with E-state index in [1.807, 2.05) is 0 Å². The van der Waals surface area contributed by atoms with Crippen molar-refractivity contribution in [1.82, 2.24) is 9.97 Å². The average molecular weight is 440 g/mol. The summed E-state index contributed by atoms with van der Waals surface area (Å²) < 4.78 is 14.6. The topological polar surface area (TPSA) is 98.9 Å². The molecule has 33 heavy (non-hydrogen) atoms. The monoisotopic (exact) mass is 440 g/mol. The standard InChI is InChI=1S/C26H21FN4O2/c1-3-21(26(32)33)30-25-19-11-12-29-14-22(19)31-24(20(25)13-28)17-9-7-16(8-10-17)18-6-4-5-15(2)23(18)27/h4-12,14,21H,3H2,1-2H3,(H,30,31)(H,32,33)/t21-/m1/s1. The van der Waals surface area contributed by atoms with E-state index in [4.69, 9.17) is 0 Å². The first-order valence-corrected chi connectivity index (χ1v) is 10.5. The number of carboxylic acid groups (broad SMARTS) is 1. The van der Waals surface area contributed by atoms with Crippen molar-refractivity contribution in [3.05, 3.63) is 77.9 Å². The van der Waals surface area contributed by atoms with Crippen LogP contribution in [0.4, 0.5) is 10.1 Å². The van der Waals surface area contributed by atoms with Crippen molar-refractivity contribution >= 4 is 22.6 Å². The number of nitrogens with zero attached hydrogens (tertiary/aromatic N) is 3. The molecule has 0 spiro atoms. The minimum absolute atomic E-state index is 0.239. The number of aryl methyl sites for hydroxylation is 1. The molecule has 4 aromatic rings. The summed E-state index contributed by atoms with van der Waals surface area (Å²) in [6, 6.07) is 15.4. The van der Waals surface area contributed by atoms with Crippen molar-refractivity contribution in [2.45, 2.75) is 26.3 Å². The molecule has 2 N–H and O–H groups in total. The highest BCUT2D eigenvalue weighted by Gasteiger charge is 2.22. The first-order valence-electron chi connectivity index (χ1n) is 10.5. The Kier molecular flexibility index (Phi) is 6.01. The van der Waals surface area contributed by atoms with E-state index in [1.165, 1.54) is 0 Å². The van der Waals surface area contributed by atoms with Crippen LogP contribution in [0.1, 0.15) is 24.5 Å². The van der Waals surface area contributed by atoms with Crippen LogP contribution in [0.25, 0.3) is 33.3 Å². The van der Waals surface area contributed by atoms with Crippen LogP contribution in [0.5, 0.6) is 0 Å². The fourth-order valence-electron chi connectivity index (χ4n) is 3.77. The molecule has 2 heterocycles. The van der Waals surface area contributed by atoms with Gasteiger partial charge in [0.2, 0.25) is 0 Å². The molecule has 7 heteroatoms. The number of hydrogen-bond acceptors (Lipinski definition) is 5. The molecular formula is C26H21FN4O2. The number of aromatic nitrogens is 2. The van der Waals surface area contributed by atoms with Gasteiger partial charge in [-0.1, -0.05) is 49.4 Å². The predicted molar refractivity (Wildman–Crippen MR) is 125 cm³/mol. The molecule has 0 saturated carbocycles. The second-order valence-corrected chi connectivity index (χ2v) is 7.67. The number of nitriles is 1. The van der Waals surface area contributed by atoms with Crippen molar-refractivity contribution in [2.75, 3.05) is 5.32 Å². The number of hydrogen-bond donors (Lipinski definition) is 2. The molecule has 4 rings (SSSR count). The quantitative estimate of drug-likeness (QED) is 0.407.